The van der Waals surface area contributed by atoms with E-state index in [0.29, 0.717) is 5.76 Å². The molecule has 0 bridgehead atoms. The van der Waals surface area contributed by atoms with Crippen LogP contribution in [0.2, 0.25) is 0 Å². The average Bonchev–Trinajstić information content (AvgIpc) is 3.17. The van der Waals surface area contributed by atoms with Crippen molar-refractivity contribution in [1.29, 1.82) is 0 Å². The van der Waals surface area contributed by atoms with E-state index >= 15 is 0 Å². The van der Waals surface area contributed by atoms with Gasteiger partial charge in [-0.15, -0.1) is 0 Å². The van der Waals surface area contributed by atoms with E-state index in [1.54, 1.807) is 19.9 Å². The Labute approximate surface area is 207 Å². The predicted molar refractivity (Wildman–Crippen MR) is 132 cm³/mol. The molecule has 7 heteroatoms. The third-order valence-corrected chi connectivity index (χ3v) is 6.64. The first-order valence-electron chi connectivity index (χ1n) is 12.7. The Kier molecular flexibility index (Phi) is 10.1. The van der Waals surface area contributed by atoms with Crippen molar-refractivity contribution in [3.8, 4) is 0 Å². The lowest BCUT2D eigenvalue weighted by atomic mass is 9.95. The lowest BCUT2D eigenvalue weighted by Gasteiger charge is -2.28. The third-order valence-electron chi connectivity index (χ3n) is 6.64. The molecule has 2 heterocycles. The van der Waals surface area contributed by atoms with Gasteiger partial charge in [-0.1, -0.05) is 62.4 Å². The zero-order valence-corrected chi connectivity index (χ0v) is 20.7. The molecule has 3 rings (SSSR count). The number of hydrogen-bond acceptors (Lipinski definition) is 6. The number of ketones is 1. The fourth-order valence-corrected chi connectivity index (χ4v) is 4.55. The fraction of sp³-hybridized carbons (Fsp3) is 0.536. The molecule has 2 amide bonds. The van der Waals surface area contributed by atoms with Gasteiger partial charge >= 0.3 is 6.09 Å². The summed E-state index contributed by atoms with van der Waals surface area (Å²) in [5, 5.41) is 8.81. The fourth-order valence-electron chi connectivity index (χ4n) is 4.55. The Hall–Kier alpha value is -2.93. The summed E-state index contributed by atoms with van der Waals surface area (Å²) in [6.45, 7) is 3.66. The maximum atomic E-state index is 13.3. The number of aliphatic hydroxyl groups is 1. The minimum atomic E-state index is -0.971. The van der Waals surface area contributed by atoms with Crippen LogP contribution in [-0.4, -0.2) is 46.5 Å². The minimum Gasteiger partial charge on any atom is -0.482 e. The molecule has 1 saturated heterocycles. The molecule has 0 spiro atoms. The molecule has 1 aromatic rings. The molecular weight excluding hydrogens is 446 g/mol. The highest BCUT2D eigenvalue weighted by Gasteiger charge is 2.47. The summed E-state index contributed by atoms with van der Waals surface area (Å²) in [7, 11) is 0. The number of ether oxygens (including phenoxy) is 2. The third kappa shape index (κ3) is 7.04. The molecule has 190 valence electrons. The van der Waals surface area contributed by atoms with E-state index in [-0.39, 0.29) is 12.4 Å². The topological polar surface area (TPSA) is 93.1 Å². The van der Waals surface area contributed by atoms with E-state index in [9.17, 15) is 14.4 Å². The van der Waals surface area contributed by atoms with Crippen molar-refractivity contribution in [3.05, 3.63) is 59.9 Å². The summed E-state index contributed by atoms with van der Waals surface area (Å²) in [5.74, 6) is -1.02. The van der Waals surface area contributed by atoms with Crippen LogP contribution in [0.15, 0.2) is 54.3 Å². The lowest BCUT2D eigenvalue weighted by molar-refractivity contribution is -0.142. The first-order chi connectivity index (χ1) is 16.9. The Balaban J connectivity index is 1.53. The number of cyclic esters (lactones) is 1. The second kappa shape index (κ2) is 13.2. The van der Waals surface area contributed by atoms with Crippen LogP contribution >= 0.6 is 0 Å². The highest BCUT2D eigenvalue weighted by Crippen LogP contribution is 2.34. The summed E-state index contributed by atoms with van der Waals surface area (Å²) in [6.07, 6.45) is 11.2. The maximum absolute atomic E-state index is 13.3. The van der Waals surface area contributed by atoms with Gasteiger partial charge in [0.2, 0.25) is 5.91 Å². The van der Waals surface area contributed by atoms with E-state index in [4.69, 9.17) is 14.6 Å². The number of rotatable bonds is 12. The number of hydrogen-bond donors (Lipinski definition) is 1. The Morgan fingerprint density at radius 1 is 1.00 bits per heavy atom. The molecule has 0 unspecified atom stereocenters. The normalized spacial score (nSPS) is 23.9. The lowest BCUT2D eigenvalue weighted by Crippen LogP contribution is -2.47. The van der Waals surface area contributed by atoms with Crippen molar-refractivity contribution in [2.75, 3.05) is 6.61 Å². The summed E-state index contributed by atoms with van der Waals surface area (Å²) >= 11 is 0. The van der Waals surface area contributed by atoms with E-state index in [1.165, 1.54) is 12.5 Å². The van der Waals surface area contributed by atoms with Crippen molar-refractivity contribution in [2.24, 2.45) is 5.92 Å². The van der Waals surface area contributed by atoms with Gasteiger partial charge in [-0.2, -0.15) is 0 Å². The van der Waals surface area contributed by atoms with Crippen LogP contribution < -0.4 is 0 Å². The second-order valence-corrected chi connectivity index (χ2v) is 9.32. The van der Waals surface area contributed by atoms with Crippen molar-refractivity contribution >= 4 is 17.8 Å². The summed E-state index contributed by atoms with van der Waals surface area (Å²) in [6, 6.07) is 8.82. The first kappa shape index (κ1) is 26.7. The highest BCUT2D eigenvalue weighted by atomic mass is 16.6. The number of imide groups is 1. The van der Waals surface area contributed by atoms with E-state index < -0.39 is 36.2 Å². The van der Waals surface area contributed by atoms with E-state index in [2.05, 4.69) is 0 Å². The number of carbonyl (C=O) groups excluding carboxylic acids is 3. The molecule has 4 atom stereocenters. The van der Waals surface area contributed by atoms with Gasteiger partial charge in [0.1, 0.15) is 11.9 Å². The monoisotopic (exact) mass is 483 g/mol. The number of amides is 2. The van der Waals surface area contributed by atoms with Gasteiger partial charge in [-0.25, -0.2) is 9.69 Å². The molecular formula is C28H37NO6. The van der Waals surface area contributed by atoms with Crippen LogP contribution in [0.4, 0.5) is 4.79 Å². The van der Waals surface area contributed by atoms with Crippen LogP contribution in [0.5, 0.6) is 0 Å². The number of benzene rings is 1. The zero-order valence-electron chi connectivity index (χ0n) is 20.7. The largest absolute Gasteiger partial charge is 0.482 e. The molecule has 35 heavy (non-hydrogen) atoms. The van der Waals surface area contributed by atoms with Gasteiger partial charge in [0.15, 0.2) is 11.9 Å². The molecule has 2 aliphatic rings. The van der Waals surface area contributed by atoms with Gasteiger partial charge in [0.05, 0.1) is 12.0 Å². The SMILES string of the molecule is C[C@H](C(=O)N1C(=O)O[C@H](c2ccccc2)[C@@H]1C)[C@H]1OC(=CCCCCCCCCCO)C=CC1=O. The minimum absolute atomic E-state index is 0.268. The standard InChI is InChI=1S/C28H37NO6/c1-20(27(32)29-21(2)26(35-28(29)33)22-14-10-9-11-15-22)25-24(31)18-17-23(34-25)16-12-7-5-3-4-6-8-13-19-30/h9-11,14-18,20-21,25-26,30H,3-8,12-13,19H2,1-2H3/t20-,21-,25+,26-/m0/s1. The Bertz CT molecular complexity index is 925. The van der Waals surface area contributed by atoms with Crippen molar-refractivity contribution < 1.29 is 29.0 Å². The van der Waals surface area contributed by atoms with Crippen LogP contribution in [-0.2, 0) is 19.1 Å². The number of unbranched alkanes of at least 4 members (excludes halogenated alkanes) is 7. The predicted octanol–water partition coefficient (Wildman–Crippen LogP) is 5.25. The molecule has 0 aromatic heterocycles. The van der Waals surface area contributed by atoms with Gasteiger partial charge < -0.3 is 14.6 Å². The Morgan fingerprint density at radius 3 is 2.34 bits per heavy atom. The van der Waals surface area contributed by atoms with Crippen LogP contribution in [0.1, 0.15) is 76.9 Å². The van der Waals surface area contributed by atoms with Gasteiger partial charge in [-0.3, -0.25) is 9.59 Å². The summed E-state index contributed by atoms with van der Waals surface area (Å²) in [4.78, 5) is 39.5. The quantitative estimate of drug-likeness (QED) is 0.408. The van der Waals surface area contributed by atoms with Crippen LogP contribution in [0.25, 0.3) is 0 Å². The number of allylic oxidation sites excluding steroid dienone is 2. The number of carbonyl (C=O) groups is 3. The Morgan fingerprint density at radius 2 is 1.66 bits per heavy atom. The molecule has 0 aliphatic carbocycles. The summed E-state index contributed by atoms with van der Waals surface area (Å²) in [5.41, 5.74) is 0.819. The van der Waals surface area contributed by atoms with Crippen molar-refractivity contribution in [2.45, 2.75) is 83.5 Å². The molecule has 1 fully saturated rings. The molecule has 0 saturated carbocycles. The molecule has 1 aromatic carbocycles. The summed E-state index contributed by atoms with van der Waals surface area (Å²) < 4.78 is 11.4. The zero-order chi connectivity index (χ0) is 25.2. The molecule has 2 aliphatic heterocycles. The van der Waals surface area contributed by atoms with Gasteiger partial charge in [0.25, 0.3) is 0 Å². The van der Waals surface area contributed by atoms with Crippen molar-refractivity contribution in [3.63, 3.8) is 0 Å². The maximum Gasteiger partial charge on any atom is 0.417 e. The smallest absolute Gasteiger partial charge is 0.417 e. The van der Waals surface area contributed by atoms with Crippen molar-refractivity contribution in [1.82, 2.24) is 4.90 Å². The van der Waals surface area contributed by atoms with E-state index in [0.717, 1.165) is 55.4 Å². The van der Waals surface area contributed by atoms with Gasteiger partial charge in [0, 0.05) is 6.61 Å². The number of aliphatic hydroxyl groups excluding tert-OH is 1. The van der Waals surface area contributed by atoms with Crippen LogP contribution in [0, 0.1) is 5.92 Å². The first-order valence-corrected chi connectivity index (χ1v) is 12.7. The van der Waals surface area contributed by atoms with Crippen LogP contribution in [0.3, 0.4) is 0 Å². The van der Waals surface area contributed by atoms with Gasteiger partial charge in [-0.05, 0) is 56.9 Å². The average molecular weight is 484 g/mol. The highest BCUT2D eigenvalue weighted by molar-refractivity contribution is 6.01. The molecule has 0 radical (unpaired) electrons. The molecule has 7 nitrogen and oxygen atoms in total. The van der Waals surface area contributed by atoms with E-state index in [1.807, 2.05) is 36.4 Å². The number of nitrogens with zero attached hydrogens (tertiary/aromatic N) is 1. The second-order valence-electron chi connectivity index (χ2n) is 9.32. The molecule has 1 N–H and O–H groups in total.